The molecular formula is C23H26N6O. The van der Waals surface area contributed by atoms with E-state index >= 15 is 0 Å². The Labute approximate surface area is 175 Å². The van der Waals surface area contributed by atoms with Crippen LogP contribution < -0.4 is 11.1 Å². The number of nitrogens with one attached hydrogen (secondary N) is 2. The van der Waals surface area contributed by atoms with Crippen molar-refractivity contribution in [3.05, 3.63) is 65.7 Å². The molecule has 4 N–H and O–H groups in total. The van der Waals surface area contributed by atoms with Gasteiger partial charge in [0.05, 0.1) is 11.2 Å². The van der Waals surface area contributed by atoms with Crippen LogP contribution in [0.15, 0.2) is 48.8 Å². The van der Waals surface area contributed by atoms with E-state index in [1.165, 1.54) is 0 Å². The van der Waals surface area contributed by atoms with Crippen molar-refractivity contribution < 1.29 is 4.79 Å². The normalized spacial score (nSPS) is 12.9. The molecule has 0 fully saturated rings. The molecule has 3 heterocycles. The third-order valence-electron chi connectivity index (χ3n) is 5.33. The molecule has 3 aromatic heterocycles. The molecule has 0 aliphatic heterocycles. The fourth-order valence-electron chi connectivity index (χ4n) is 3.77. The van der Waals surface area contributed by atoms with Gasteiger partial charge in [0.15, 0.2) is 0 Å². The van der Waals surface area contributed by atoms with Gasteiger partial charge in [0.25, 0.3) is 5.91 Å². The molecule has 1 unspecified atom stereocenters. The lowest BCUT2D eigenvalue weighted by molar-refractivity contribution is 0.0912. The Morgan fingerprint density at radius 3 is 2.67 bits per heavy atom. The molecule has 4 rings (SSSR count). The van der Waals surface area contributed by atoms with Crippen molar-refractivity contribution in [3.63, 3.8) is 0 Å². The molecule has 1 amide bonds. The van der Waals surface area contributed by atoms with Crippen LogP contribution in [0.5, 0.6) is 0 Å². The summed E-state index contributed by atoms with van der Waals surface area (Å²) in [4.78, 5) is 21.5. The highest BCUT2D eigenvalue weighted by molar-refractivity contribution is 6.07. The van der Waals surface area contributed by atoms with Crippen LogP contribution in [0, 0.1) is 0 Å². The predicted octanol–water partition coefficient (Wildman–Crippen LogP) is 3.32. The average Bonchev–Trinajstić information content (AvgIpc) is 3.16. The topological polar surface area (TPSA) is 110 Å². The van der Waals surface area contributed by atoms with Gasteiger partial charge in [-0.1, -0.05) is 25.1 Å². The van der Waals surface area contributed by atoms with Crippen LogP contribution in [0.4, 0.5) is 0 Å². The van der Waals surface area contributed by atoms with Gasteiger partial charge in [0.1, 0.15) is 5.52 Å². The molecule has 0 aliphatic rings. The van der Waals surface area contributed by atoms with Crippen molar-refractivity contribution in [2.75, 3.05) is 6.54 Å². The number of nitrogens with two attached hydrogens (primary N) is 1. The second-order valence-electron chi connectivity index (χ2n) is 8.33. The maximum Gasteiger partial charge on any atom is 0.251 e. The van der Waals surface area contributed by atoms with Crippen molar-refractivity contribution in [1.82, 2.24) is 25.5 Å². The van der Waals surface area contributed by atoms with Gasteiger partial charge in [-0.3, -0.25) is 19.9 Å². The van der Waals surface area contributed by atoms with Gasteiger partial charge in [-0.05, 0) is 32.0 Å². The number of carbonyl (C=O) groups excluding carboxylic acids is 1. The van der Waals surface area contributed by atoms with Gasteiger partial charge < -0.3 is 11.1 Å². The van der Waals surface area contributed by atoms with E-state index in [-0.39, 0.29) is 11.8 Å². The average molecular weight is 403 g/mol. The van der Waals surface area contributed by atoms with Crippen molar-refractivity contribution in [1.29, 1.82) is 0 Å². The molecular weight excluding hydrogens is 376 g/mol. The van der Waals surface area contributed by atoms with Crippen molar-refractivity contribution in [2.45, 2.75) is 38.6 Å². The fourth-order valence-corrected chi connectivity index (χ4v) is 3.77. The molecule has 30 heavy (non-hydrogen) atoms. The lowest BCUT2D eigenvalue weighted by atomic mass is 9.94. The number of rotatable bonds is 6. The Bertz CT molecular complexity index is 1200. The van der Waals surface area contributed by atoms with E-state index in [9.17, 15) is 4.79 Å². The zero-order valence-electron chi connectivity index (χ0n) is 17.4. The third-order valence-corrected chi connectivity index (χ3v) is 5.33. The number of aromatic nitrogens is 4. The van der Waals surface area contributed by atoms with Crippen LogP contribution in [-0.2, 0) is 6.42 Å². The number of aromatic amines is 1. The highest BCUT2D eigenvalue weighted by Gasteiger charge is 2.26. The molecule has 0 spiro atoms. The number of amides is 1. The summed E-state index contributed by atoms with van der Waals surface area (Å²) in [5.41, 5.74) is 9.64. The summed E-state index contributed by atoms with van der Waals surface area (Å²) in [6.45, 7) is 6.57. The van der Waals surface area contributed by atoms with Crippen LogP contribution in [0.1, 0.15) is 48.4 Å². The first-order valence-corrected chi connectivity index (χ1v) is 10.1. The van der Waals surface area contributed by atoms with E-state index in [4.69, 9.17) is 10.7 Å². The minimum absolute atomic E-state index is 0.0904. The minimum atomic E-state index is -0.496. The van der Waals surface area contributed by atoms with Gasteiger partial charge >= 0.3 is 0 Å². The fraction of sp³-hybridized carbons (Fsp3) is 0.304. The van der Waals surface area contributed by atoms with Gasteiger partial charge in [0.2, 0.25) is 0 Å². The summed E-state index contributed by atoms with van der Waals surface area (Å²) in [7, 11) is 0. The number of pyridine rings is 2. The number of carbonyl (C=O) groups is 1. The lowest BCUT2D eigenvalue weighted by Crippen LogP contribution is -2.45. The number of H-pyrrole nitrogens is 1. The summed E-state index contributed by atoms with van der Waals surface area (Å²) in [6.07, 6.45) is 3.82. The maximum absolute atomic E-state index is 12.7. The Kier molecular flexibility index (Phi) is 5.22. The van der Waals surface area contributed by atoms with Crippen LogP contribution in [-0.4, -0.2) is 38.2 Å². The highest BCUT2D eigenvalue weighted by Crippen LogP contribution is 2.32. The zero-order valence-corrected chi connectivity index (χ0v) is 17.4. The third kappa shape index (κ3) is 3.76. The first-order valence-electron chi connectivity index (χ1n) is 10.1. The Balaban J connectivity index is 1.74. The molecule has 0 saturated carbocycles. The number of benzene rings is 1. The van der Waals surface area contributed by atoms with Crippen molar-refractivity contribution in [2.24, 2.45) is 5.73 Å². The van der Waals surface area contributed by atoms with Crippen molar-refractivity contribution in [3.8, 4) is 0 Å². The molecule has 154 valence electrons. The van der Waals surface area contributed by atoms with E-state index < -0.39 is 5.54 Å². The van der Waals surface area contributed by atoms with Crippen LogP contribution in [0.2, 0.25) is 0 Å². The molecule has 1 aromatic carbocycles. The van der Waals surface area contributed by atoms with Gasteiger partial charge in [-0.15, -0.1) is 0 Å². The minimum Gasteiger partial charge on any atom is -0.347 e. The Morgan fingerprint density at radius 1 is 1.20 bits per heavy atom. The summed E-state index contributed by atoms with van der Waals surface area (Å²) in [6, 6.07) is 11.5. The monoisotopic (exact) mass is 402 g/mol. The highest BCUT2D eigenvalue weighted by atomic mass is 16.1. The molecule has 0 saturated heterocycles. The summed E-state index contributed by atoms with van der Waals surface area (Å²) >= 11 is 0. The number of para-hydroxylation sites is 1. The molecule has 1 atom stereocenters. The quantitative estimate of drug-likeness (QED) is 0.458. The zero-order chi connectivity index (χ0) is 21.3. The number of hydrogen-bond acceptors (Lipinski definition) is 5. The summed E-state index contributed by atoms with van der Waals surface area (Å²) < 4.78 is 0. The van der Waals surface area contributed by atoms with Crippen LogP contribution >= 0.6 is 0 Å². The van der Waals surface area contributed by atoms with Crippen LogP contribution in [0.25, 0.3) is 21.8 Å². The Morgan fingerprint density at radius 2 is 1.93 bits per heavy atom. The molecule has 0 aliphatic carbocycles. The van der Waals surface area contributed by atoms with E-state index in [1.54, 1.807) is 24.5 Å². The number of nitrogens with zero attached hydrogens (tertiary/aromatic N) is 3. The van der Waals surface area contributed by atoms with E-state index in [1.807, 2.05) is 32.0 Å². The first-order chi connectivity index (χ1) is 14.4. The molecule has 7 nitrogen and oxygen atoms in total. The molecule has 0 bridgehead atoms. The van der Waals surface area contributed by atoms with Gasteiger partial charge in [-0.25, -0.2) is 0 Å². The first kappa shape index (κ1) is 20.0. The summed E-state index contributed by atoms with van der Waals surface area (Å²) in [5.74, 6) is -0.0390. The largest absolute Gasteiger partial charge is 0.347 e. The molecule has 4 aromatic rings. The lowest BCUT2D eigenvalue weighted by Gasteiger charge is -2.26. The van der Waals surface area contributed by atoms with Gasteiger partial charge in [-0.2, -0.15) is 5.10 Å². The summed E-state index contributed by atoms with van der Waals surface area (Å²) in [5, 5.41) is 13.0. The predicted molar refractivity (Wildman–Crippen MR) is 118 cm³/mol. The van der Waals surface area contributed by atoms with E-state index in [2.05, 4.69) is 33.5 Å². The van der Waals surface area contributed by atoms with E-state index in [0.717, 1.165) is 33.2 Å². The second kappa shape index (κ2) is 7.84. The van der Waals surface area contributed by atoms with Crippen molar-refractivity contribution >= 4 is 27.7 Å². The Hall–Kier alpha value is -3.32. The van der Waals surface area contributed by atoms with Gasteiger partial charge in [0, 0.05) is 58.8 Å². The standard InChI is InChI=1S/C23H26N6O/c1-14(13-24)20-21-19(16-6-4-5-7-17(16)26-20)18(28-29-21)12-23(2,3)27-22(30)15-8-10-25-11-9-15/h4-11,14H,12-13,24H2,1-3H3,(H,27,30)(H,28,29). The van der Waals surface area contributed by atoms with Crippen LogP contribution in [0.3, 0.4) is 0 Å². The second-order valence-corrected chi connectivity index (χ2v) is 8.33. The smallest absolute Gasteiger partial charge is 0.251 e. The maximum atomic E-state index is 12.7. The van der Waals surface area contributed by atoms with E-state index in [0.29, 0.717) is 18.5 Å². The molecule has 0 radical (unpaired) electrons. The molecule has 7 heteroatoms. The SMILES string of the molecule is CC(CN)c1nc2ccccc2c2c(CC(C)(C)NC(=O)c3ccncc3)[nH]nc12. The number of hydrogen-bond donors (Lipinski definition) is 3. The number of fused-ring (bicyclic) bond motifs is 3.